The van der Waals surface area contributed by atoms with Crippen LogP contribution in [-0.2, 0) is 6.54 Å². The SMILES string of the molecule is FC(F)(F)CNCc1ccc(I)c(Cl)c1. The highest BCUT2D eigenvalue weighted by Crippen LogP contribution is 2.19. The Morgan fingerprint density at radius 3 is 2.53 bits per heavy atom. The zero-order valence-electron chi connectivity index (χ0n) is 7.54. The van der Waals surface area contributed by atoms with Crippen LogP contribution in [0.15, 0.2) is 18.2 Å². The van der Waals surface area contributed by atoms with E-state index in [1.165, 1.54) is 0 Å². The molecule has 0 unspecified atom stereocenters. The summed E-state index contributed by atoms with van der Waals surface area (Å²) in [6.07, 6.45) is -4.17. The quantitative estimate of drug-likeness (QED) is 0.822. The van der Waals surface area contributed by atoms with E-state index in [-0.39, 0.29) is 6.54 Å². The monoisotopic (exact) mass is 349 g/mol. The van der Waals surface area contributed by atoms with Crippen LogP contribution in [0.3, 0.4) is 0 Å². The summed E-state index contributed by atoms with van der Waals surface area (Å²) in [4.78, 5) is 0. The maximum Gasteiger partial charge on any atom is 0.401 e. The summed E-state index contributed by atoms with van der Waals surface area (Å²) >= 11 is 7.88. The molecule has 1 aromatic carbocycles. The van der Waals surface area contributed by atoms with Crippen LogP contribution in [0.1, 0.15) is 5.56 Å². The summed E-state index contributed by atoms with van der Waals surface area (Å²) in [6, 6.07) is 5.18. The van der Waals surface area contributed by atoms with E-state index in [9.17, 15) is 13.2 Å². The summed E-state index contributed by atoms with van der Waals surface area (Å²) in [5, 5.41) is 2.86. The Kier molecular flexibility index (Phi) is 4.66. The van der Waals surface area contributed by atoms with Gasteiger partial charge in [0.15, 0.2) is 0 Å². The molecule has 0 saturated heterocycles. The molecule has 15 heavy (non-hydrogen) atoms. The minimum Gasteiger partial charge on any atom is -0.305 e. The lowest BCUT2D eigenvalue weighted by molar-refractivity contribution is -0.125. The van der Waals surface area contributed by atoms with E-state index in [1.54, 1.807) is 18.2 Å². The van der Waals surface area contributed by atoms with Gasteiger partial charge >= 0.3 is 6.18 Å². The molecule has 0 fully saturated rings. The molecule has 0 spiro atoms. The van der Waals surface area contributed by atoms with E-state index in [2.05, 4.69) is 27.9 Å². The van der Waals surface area contributed by atoms with E-state index >= 15 is 0 Å². The van der Waals surface area contributed by atoms with Gasteiger partial charge in [0.25, 0.3) is 0 Å². The summed E-state index contributed by atoms with van der Waals surface area (Å²) in [5.41, 5.74) is 0.740. The molecule has 1 rings (SSSR count). The lowest BCUT2D eigenvalue weighted by Gasteiger charge is -2.08. The highest BCUT2D eigenvalue weighted by Gasteiger charge is 2.25. The second-order valence-electron chi connectivity index (χ2n) is 2.97. The Morgan fingerprint density at radius 1 is 1.33 bits per heavy atom. The van der Waals surface area contributed by atoms with Crippen molar-refractivity contribution in [1.82, 2.24) is 5.32 Å². The van der Waals surface area contributed by atoms with Crippen molar-refractivity contribution < 1.29 is 13.2 Å². The average Bonchev–Trinajstić information content (AvgIpc) is 2.09. The predicted octanol–water partition coefficient (Wildman–Crippen LogP) is 3.60. The fourth-order valence-corrected chi connectivity index (χ4v) is 1.54. The van der Waals surface area contributed by atoms with Gasteiger partial charge in [0.2, 0.25) is 0 Å². The van der Waals surface area contributed by atoms with Crippen LogP contribution in [0.2, 0.25) is 5.02 Å². The molecule has 1 aromatic rings. The number of nitrogens with one attached hydrogen (secondary N) is 1. The second-order valence-corrected chi connectivity index (χ2v) is 4.54. The van der Waals surface area contributed by atoms with E-state index in [4.69, 9.17) is 11.6 Å². The third kappa shape index (κ3) is 5.03. The summed E-state index contributed by atoms with van der Waals surface area (Å²) in [7, 11) is 0. The van der Waals surface area contributed by atoms with Crippen LogP contribution < -0.4 is 5.32 Å². The third-order valence-electron chi connectivity index (χ3n) is 1.64. The van der Waals surface area contributed by atoms with Crippen LogP contribution in [0.4, 0.5) is 13.2 Å². The molecule has 84 valence electrons. The molecule has 0 aliphatic carbocycles. The average molecular weight is 350 g/mol. The Balaban J connectivity index is 2.48. The van der Waals surface area contributed by atoms with Crippen molar-refractivity contribution in [1.29, 1.82) is 0 Å². The van der Waals surface area contributed by atoms with Crippen LogP contribution in [-0.4, -0.2) is 12.7 Å². The normalized spacial score (nSPS) is 11.8. The van der Waals surface area contributed by atoms with E-state index in [0.717, 1.165) is 9.13 Å². The molecule has 6 heteroatoms. The molecule has 0 aliphatic heterocycles. The fraction of sp³-hybridized carbons (Fsp3) is 0.333. The van der Waals surface area contributed by atoms with Gasteiger partial charge in [0.1, 0.15) is 0 Å². The van der Waals surface area contributed by atoms with E-state index in [0.29, 0.717) is 5.02 Å². The van der Waals surface area contributed by atoms with Gasteiger partial charge in [-0.15, -0.1) is 0 Å². The lowest BCUT2D eigenvalue weighted by atomic mass is 10.2. The molecule has 0 amide bonds. The lowest BCUT2D eigenvalue weighted by Crippen LogP contribution is -2.28. The van der Waals surface area contributed by atoms with Crippen molar-refractivity contribution in [2.24, 2.45) is 0 Å². The highest BCUT2D eigenvalue weighted by atomic mass is 127. The molecule has 0 atom stereocenters. The summed E-state index contributed by atoms with van der Waals surface area (Å²) in [6.45, 7) is -0.827. The van der Waals surface area contributed by atoms with Gasteiger partial charge in [-0.3, -0.25) is 0 Å². The van der Waals surface area contributed by atoms with Crippen molar-refractivity contribution >= 4 is 34.2 Å². The molecule has 0 aliphatic rings. The largest absolute Gasteiger partial charge is 0.401 e. The number of alkyl halides is 3. The first kappa shape index (κ1) is 13.1. The van der Waals surface area contributed by atoms with Crippen LogP contribution in [0.5, 0.6) is 0 Å². The fourth-order valence-electron chi connectivity index (χ4n) is 0.998. The minimum absolute atomic E-state index is 0.163. The Morgan fingerprint density at radius 2 is 2.00 bits per heavy atom. The maximum absolute atomic E-state index is 11.8. The molecule has 1 N–H and O–H groups in total. The smallest absolute Gasteiger partial charge is 0.305 e. The maximum atomic E-state index is 11.8. The Hall–Kier alpha value is -0.0100. The van der Waals surface area contributed by atoms with E-state index in [1.807, 2.05) is 0 Å². The standard InChI is InChI=1S/C9H8ClF3IN/c10-7-3-6(1-2-8(7)14)4-15-5-9(11,12)13/h1-3,15H,4-5H2. The minimum atomic E-state index is -4.17. The second kappa shape index (κ2) is 5.36. The van der Waals surface area contributed by atoms with Gasteiger partial charge in [-0.05, 0) is 40.3 Å². The first-order valence-corrected chi connectivity index (χ1v) is 5.55. The number of hydrogen-bond donors (Lipinski definition) is 1. The van der Waals surface area contributed by atoms with Gasteiger partial charge in [0.05, 0.1) is 11.6 Å². The first-order chi connectivity index (χ1) is 6.88. The van der Waals surface area contributed by atoms with Crippen molar-refractivity contribution in [2.45, 2.75) is 12.7 Å². The van der Waals surface area contributed by atoms with Crippen molar-refractivity contribution in [2.75, 3.05) is 6.54 Å². The number of hydrogen-bond acceptors (Lipinski definition) is 1. The van der Waals surface area contributed by atoms with Gasteiger partial charge in [-0.2, -0.15) is 13.2 Å². The molecule has 0 radical (unpaired) electrons. The Labute approximate surface area is 104 Å². The molecule has 0 bridgehead atoms. The first-order valence-electron chi connectivity index (χ1n) is 4.10. The van der Waals surface area contributed by atoms with Gasteiger partial charge in [-0.1, -0.05) is 17.7 Å². The van der Waals surface area contributed by atoms with Crippen molar-refractivity contribution in [3.63, 3.8) is 0 Å². The molecule has 0 heterocycles. The molecular formula is C9H8ClF3IN. The molecule has 0 saturated carbocycles. The van der Waals surface area contributed by atoms with Crippen molar-refractivity contribution in [3.05, 3.63) is 32.4 Å². The van der Waals surface area contributed by atoms with Gasteiger partial charge in [0, 0.05) is 10.1 Å². The molecule has 0 aromatic heterocycles. The third-order valence-corrected chi connectivity index (χ3v) is 3.21. The highest BCUT2D eigenvalue weighted by molar-refractivity contribution is 14.1. The number of rotatable bonds is 3. The topological polar surface area (TPSA) is 12.0 Å². The van der Waals surface area contributed by atoms with Crippen LogP contribution >= 0.6 is 34.2 Å². The zero-order valence-corrected chi connectivity index (χ0v) is 10.4. The van der Waals surface area contributed by atoms with E-state index < -0.39 is 12.7 Å². The molecule has 1 nitrogen and oxygen atoms in total. The van der Waals surface area contributed by atoms with Gasteiger partial charge < -0.3 is 5.32 Å². The zero-order chi connectivity index (χ0) is 11.5. The number of halogens is 5. The summed E-state index contributed by atoms with van der Waals surface area (Å²) < 4.78 is 36.3. The Bertz CT molecular complexity index is 341. The van der Waals surface area contributed by atoms with Gasteiger partial charge in [-0.25, -0.2) is 0 Å². The van der Waals surface area contributed by atoms with Crippen LogP contribution in [0, 0.1) is 3.57 Å². The summed E-state index contributed by atoms with van der Waals surface area (Å²) in [5.74, 6) is 0. The molecular weight excluding hydrogens is 341 g/mol. The number of benzene rings is 1. The van der Waals surface area contributed by atoms with Crippen molar-refractivity contribution in [3.8, 4) is 0 Å². The predicted molar refractivity (Wildman–Crippen MR) is 61.9 cm³/mol. The van der Waals surface area contributed by atoms with Crippen LogP contribution in [0.25, 0.3) is 0 Å².